The average Bonchev–Trinajstić information content (AvgIpc) is 3.62. The van der Waals surface area contributed by atoms with E-state index in [1.54, 1.807) is 12.1 Å². The zero-order valence-electron chi connectivity index (χ0n) is 49.0. The van der Waals surface area contributed by atoms with Crippen LogP contribution in [-0.2, 0) is 38.0 Å². The molecule has 3 aliphatic heterocycles. The van der Waals surface area contributed by atoms with E-state index in [1.807, 2.05) is 39.8 Å². The van der Waals surface area contributed by atoms with Crippen LogP contribution in [0.5, 0.6) is 0 Å². The van der Waals surface area contributed by atoms with Crippen LogP contribution in [0.3, 0.4) is 0 Å². The lowest BCUT2D eigenvalue weighted by molar-refractivity contribution is -0.369. The van der Waals surface area contributed by atoms with E-state index in [0.29, 0.717) is 50.6 Å². The zero-order chi connectivity index (χ0) is 60.9. The highest BCUT2D eigenvalue weighted by molar-refractivity contribution is 14.1. The molecule has 1 aromatic rings. The van der Waals surface area contributed by atoms with Gasteiger partial charge in [-0.15, -0.1) is 0 Å². The van der Waals surface area contributed by atoms with E-state index in [1.165, 1.54) is 13.1 Å². The molecular formula is C60H91I2N3O18. The van der Waals surface area contributed by atoms with Crippen LogP contribution in [0.1, 0.15) is 143 Å². The molecule has 6 fully saturated rings. The Balaban J connectivity index is 1.05. The lowest BCUT2D eigenvalue weighted by atomic mass is 9.35. The van der Waals surface area contributed by atoms with Gasteiger partial charge in [-0.2, -0.15) is 0 Å². The van der Waals surface area contributed by atoms with Crippen molar-refractivity contribution < 1.29 is 88.8 Å². The third-order valence-corrected chi connectivity index (χ3v) is 23.3. The van der Waals surface area contributed by atoms with Gasteiger partial charge in [0.05, 0.1) is 41.5 Å². The van der Waals surface area contributed by atoms with Crippen LogP contribution in [0, 0.1) is 53.3 Å². The van der Waals surface area contributed by atoms with Crippen molar-refractivity contribution >= 4 is 69.2 Å². The highest BCUT2D eigenvalue weighted by Crippen LogP contribution is 2.74. The standard InChI is InChI=1S/C60H91I2N3O18/c1-30-47(81-51-45(74)42(71)34(67)28-78-51)44(73)46(75)52(79-30)82-48-43(72)41(65-40(70)12-10-9-11-25-64-50(76)31-13-15-32(61)16-14-31)35(27-66)80-53(48)83-54(77)60(24-23-55(2,3)4)39(69)26-59(8)33(49(60)62)17-18-37-56(5)21-20-38(68)57(6,29-63)36(56)19-22-58(37,59)7/h13-17,29-30,34-39,41-49,51-53,63,66-69,71-75H,9-12,18-28H2,1-8H3,(H,64,76)(H,65,70)/t30?,34-,35?,36?,37?,38+,39+,41+,42?,43?,44?,45?,46?,47+,48?,49?,51+,52+,53+,56?,57?,58?,59?,60+/m1/s1. The molecule has 23 heteroatoms. The first kappa shape index (κ1) is 66.9. The maximum Gasteiger partial charge on any atom is 0.318 e. The Morgan fingerprint density at radius 1 is 0.819 bits per heavy atom. The normalized spacial score (nSPS) is 44.5. The van der Waals surface area contributed by atoms with Crippen molar-refractivity contribution in [3.63, 3.8) is 0 Å². The minimum atomic E-state index is -1.96. The highest BCUT2D eigenvalue weighted by atomic mass is 127. The summed E-state index contributed by atoms with van der Waals surface area (Å²) in [5, 5.41) is 116. The summed E-state index contributed by atoms with van der Waals surface area (Å²) in [5.74, 6) is -1.41. The number of allylic oxidation sites excluding steroid dienone is 2. The number of ether oxygens (including phenoxy) is 6. The van der Waals surface area contributed by atoms with Crippen LogP contribution >= 0.6 is 45.2 Å². The quantitative estimate of drug-likeness (QED) is 0.0247. The van der Waals surface area contributed by atoms with Crippen LogP contribution < -0.4 is 10.6 Å². The number of aliphatic hydroxyl groups excluding tert-OH is 9. The fourth-order valence-corrected chi connectivity index (χ4v) is 17.7. The number of aliphatic hydroxyl groups is 9. The number of carbonyl (C=O) groups is 3. The molecule has 2 amide bonds. The zero-order valence-corrected chi connectivity index (χ0v) is 53.3. The summed E-state index contributed by atoms with van der Waals surface area (Å²) in [6.07, 6.45) is -13.7. The largest absolute Gasteiger partial charge is 0.432 e. The summed E-state index contributed by atoms with van der Waals surface area (Å²) in [5.41, 5.74) is -2.30. The molecule has 12 N–H and O–H groups in total. The molecule has 4 aliphatic carbocycles. The van der Waals surface area contributed by atoms with Crippen molar-refractivity contribution in [1.29, 1.82) is 5.41 Å². The Morgan fingerprint density at radius 3 is 2.16 bits per heavy atom. The van der Waals surface area contributed by atoms with Crippen molar-refractivity contribution in [3.05, 3.63) is 45.0 Å². The van der Waals surface area contributed by atoms with Gasteiger partial charge in [-0.1, -0.05) is 89.1 Å². The SMILES string of the molecule is CC1O[C@@H](OC2C(O)[C@@H](NC(=O)CCCCCNC(=O)c3ccc(I)cc3)C(CO)O[C@H]2OC(=O)[C@]2(CCC(C)(C)C)C(I)C3=CCC4C5(C)CC[C@H](O)C(C)(C=N)C5CCC4(C)C3(C)C[C@@H]2O)C(O)C(O)[C@H]1O[C@@H]1OC[C@@H](O)C(O)C1O. The van der Waals surface area contributed by atoms with Crippen LogP contribution in [0.2, 0.25) is 0 Å². The Labute approximate surface area is 514 Å². The lowest BCUT2D eigenvalue weighted by Crippen LogP contribution is -2.69. The van der Waals surface area contributed by atoms with E-state index in [2.05, 4.69) is 82.7 Å². The van der Waals surface area contributed by atoms with Crippen molar-refractivity contribution in [2.75, 3.05) is 19.8 Å². The monoisotopic (exact) mass is 1400 g/mol. The van der Waals surface area contributed by atoms with Gasteiger partial charge in [0.15, 0.2) is 18.7 Å². The first-order valence-electron chi connectivity index (χ1n) is 29.6. The lowest BCUT2D eigenvalue weighted by Gasteiger charge is -2.70. The number of rotatable bonds is 18. The van der Waals surface area contributed by atoms with Crippen LogP contribution in [0.4, 0.5) is 0 Å². The second-order valence-electron chi connectivity index (χ2n) is 27.0. The van der Waals surface area contributed by atoms with Crippen molar-refractivity contribution in [2.45, 2.75) is 235 Å². The van der Waals surface area contributed by atoms with Gasteiger partial charge >= 0.3 is 5.97 Å². The van der Waals surface area contributed by atoms with Crippen molar-refractivity contribution in [1.82, 2.24) is 10.6 Å². The van der Waals surface area contributed by atoms with Crippen LogP contribution in [0.25, 0.3) is 0 Å². The molecule has 3 saturated heterocycles. The number of halogens is 2. The van der Waals surface area contributed by atoms with Gasteiger partial charge in [-0.05, 0) is 151 Å². The molecular weight excluding hydrogens is 1300 g/mol. The average molecular weight is 1400 g/mol. The minimum Gasteiger partial charge on any atom is -0.432 e. The Morgan fingerprint density at radius 2 is 1.49 bits per heavy atom. The highest BCUT2D eigenvalue weighted by Gasteiger charge is 2.71. The van der Waals surface area contributed by atoms with E-state index >= 15 is 4.79 Å². The molecule has 3 saturated carbocycles. The minimum absolute atomic E-state index is 0.0206. The summed E-state index contributed by atoms with van der Waals surface area (Å²) in [7, 11) is 0. The predicted molar refractivity (Wildman–Crippen MR) is 319 cm³/mol. The van der Waals surface area contributed by atoms with Gasteiger partial charge in [0.25, 0.3) is 5.91 Å². The third kappa shape index (κ3) is 12.8. The molecule has 8 rings (SSSR count). The number of esters is 1. The fourth-order valence-electron chi connectivity index (χ4n) is 15.4. The van der Waals surface area contributed by atoms with Gasteiger partial charge in [-0.3, -0.25) is 14.4 Å². The van der Waals surface area contributed by atoms with E-state index in [9.17, 15) is 55.5 Å². The van der Waals surface area contributed by atoms with Gasteiger partial charge in [0, 0.05) is 33.7 Å². The molecule has 83 heavy (non-hydrogen) atoms. The molecule has 0 bridgehead atoms. The summed E-state index contributed by atoms with van der Waals surface area (Å²) < 4.78 is 36.9. The molecule has 15 unspecified atom stereocenters. The van der Waals surface area contributed by atoms with E-state index in [0.717, 1.165) is 28.4 Å². The molecule has 0 spiro atoms. The number of amides is 2. The van der Waals surface area contributed by atoms with Crippen LogP contribution in [0.15, 0.2) is 35.9 Å². The maximum absolute atomic E-state index is 15.8. The molecule has 3 heterocycles. The van der Waals surface area contributed by atoms with Crippen LogP contribution in [-0.4, -0.2) is 192 Å². The van der Waals surface area contributed by atoms with Gasteiger partial charge < -0.3 is 90.4 Å². The Bertz CT molecular complexity index is 2490. The third-order valence-electron chi connectivity index (χ3n) is 20.8. The molecule has 0 radical (unpaired) electrons. The number of benzene rings is 1. The molecule has 468 valence electrons. The number of fused-ring (bicyclic) bond motifs is 5. The number of hydrogen-bond acceptors (Lipinski definition) is 19. The number of unbranched alkanes of at least 4 members (excludes halogenated alkanes) is 2. The van der Waals surface area contributed by atoms with Crippen molar-refractivity contribution in [3.8, 4) is 0 Å². The second-order valence-corrected chi connectivity index (χ2v) is 29.5. The van der Waals surface area contributed by atoms with E-state index in [4.69, 9.17) is 33.8 Å². The second kappa shape index (κ2) is 26.2. The topological polar surface area (TPSA) is 337 Å². The molecule has 21 nitrogen and oxygen atoms in total. The number of nitrogens with one attached hydrogen (secondary N) is 3. The van der Waals surface area contributed by atoms with E-state index in [-0.39, 0.29) is 53.3 Å². The maximum atomic E-state index is 15.8. The van der Waals surface area contributed by atoms with Gasteiger partial charge in [-0.25, -0.2) is 0 Å². The van der Waals surface area contributed by atoms with E-state index < -0.39 is 143 Å². The van der Waals surface area contributed by atoms with Gasteiger partial charge in [0.2, 0.25) is 12.2 Å². The number of carbonyl (C=O) groups excluding carboxylic acids is 3. The number of hydrogen-bond donors (Lipinski definition) is 12. The molecule has 0 aromatic heterocycles. The Hall–Kier alpha value is -2.06. The smallest absolute Gasteiger partial charge is 0.318 e. The molecule has 24 atom stereocenters. The predicted octanol–water partition coefficient (Wildman–Crippen LogP) is 3.93. The Kier molecular flexibility index (Phi) is 21.1. The number of alkyl halides is 1. The molecule has 7 aliphatic rings. The first-order valence-corrected chi connectivity index (χ1v) is 31.9. The summed E-state index contributed by atoms with van der Waals surface area (Å²) in [6, 6.07) is 5.76. The summed E-state index contributed by atoms with van der Waals surface area (Å²) in [6.45, 7) is 15.6. The van der Waals surface area contributed by atoms with Crippen molar-refractivity contribution in [2.24, 2.45) is 44.3 Å². The molecule has 1 aromatic carbocycles. The fraction of sp³-hybridized carbons (Fsp3) is 0.800. The van der Waals surface area contributed by atoms with Gasteiger partial charge in [0.1, 0.15) is 54.2 Å². The summed E-state index contributed by atoms with van der Waals surface area (Å²) in [4.78, 5) is 42.1. The summed E-state index contributed by atoms with van der Waals surface area (Å²) >= 11 is 4.45. The first-order chi connectivity index (χ1) is 38.9.